The molecule has 25 heavy (non-hydrogen) atoms. The minimum atomic E-state index is -0.968. The van der Waals surface area contributed by atoms with E-state index in [4.69, 9.17) is 4.74 Å². The summed E-state index contributed by atoms with van der Waals surface area (Å²) in [6, 6.07) is 16.6. The fraction of sp³-hybridized carbons (Fsp3) is 0.300. The smallest absolute Gasteiger partial charge is 0.335 e. The van der Waals surface area contributed by atoms with Crippen molar-refractivity contribution in [3.63, 3.8) is 0 Å². The molecule has 1 fully saturated rings. The number of amides is 1. The first kappa shape index (κ1) is 17.2. The maximum atomic E-state index is 12.3. The first-order valence-electron chi connectivity index (χ1n) is 8.42. The average molecular weight is 339 g/mol. The number of carboxylic acids is 1. The second-order valence-electron chi connectivity index (χ2n) is 6.13. The number of hydrogen-bond donors (Lipinski definition) is 2. The van der Waals surface area contributed by atoms with E-state index >= 15 is 0 Å². The van der Waals surface area contributed by atoms with Gasteiger partial charge in [-0.1, -0.05) is 48.5 Å². The fourth-order valence-electron chi connectivity index (χ4n) is 3.18. The summed E-state index contributed by atoms with van der Waals surface area (Å²) in [5, 5.41) is 12.2. The van der Waals surface area contributed by atoms with Crippen molar-refractivity contribution in [2.24, 2.45) is 0 Å². The molecule has 1 heterocycles. The van der Waals surface area contributed by atoms with Gasteiger partial charge in [-0.15, -0.1) is 0 Å². The minimum absolute atomic E-state index is 0.0513. The first-order chi connectivity index (χ1) is 12.1. The first-order valence-corrected chi connectivity index (χ1v) is 8.42. The number of carbonyl (C=O) groups is 2. The standard InChI is InChI=1S/C20H21NO4/c22-18(11-10-14-6-4-5-9-16(14)20(23)24)21-17-12-13-25-19(17)15-7-2-1-3-8-15/h1-9,17,19H,10-13H2,(H,21,22)(H,23,24)/t17-,19+/m1/s1. The van der Waals surface area contributed by atoms with Crippen LogP contribution in [0.5, 0.6) is 0 Å². The number of hydrogen-bond acceptors (Lipinski definition) is 3. The molecule has 0 aromatic heterocycles. The van der Waals surface area contributed by atoms with Crippen LogP contribution in [0.25, 0.3) is 0 Å². The molecule has 2 aromatic rings. The van der Waals surface area contributed by atoms with Gasteiger partial charge in [0.15, 0.2) is 0 Å². The van der Waals surface area contributed by atoms with E-state index < -0.39 is 5.97 Å². The molecule has 2 aromatic carbocycles. The van der Waals surface area contributed by atoms with Gasteiger partial charge < -0.3 is 15.2 Å². The Hall–Kier alpha value is -2.66. The van der Waals surface area contributed by atoms with E-state index in [1.807, 2.05) is 30.3 Å². The Kier molecular flexibility index (Phi) is 5.46. The van der Waals surface area contributed by atoms with Gasteiger partial charge in [0.05, 0.1) is 11.6 Å². The number of nitrogens with one attached hydrogen (secondary N) is 1. The Morgan fingerprint density at radius 1 is 1.08 bits per heavy atom. The summed E-state index contributed by atoms with van der Waals surface area (Å²) < 4.78 is 5.77. The molecular weight excluding hydrogens is 318 g/mol. The third-order valence-corrected chi connectivity index (χ3v) is 4.44. The number of rotatable bonds is 6. The van der Waals surface area contributed by atoms with Crippen molar-refractivity contribution in [3.8, 4) is 0 Å². The Morgan fingerprint density at radius 3 is 2.56 bits per heavy atom. The number of aryl methyl sites for hydroxylation is 1. The molecule has 1 amide bonds. The topological polar surface area (TPSA) is 75.6 Å². The van der Waals surface area contributed by atoms with Crippen molar-refractivity contribution in [3.05, 3.63) is 71.3 Å². The predicted molar refractivity (Wildman–Crippen MR) is 93.4 cm³/mol. The van der Waals surface area contributed by atoms with Crippen LogP contribution in [0.2, 0.25) is 0 Å². The van der Waals surface area contributed by atoms with Gasteiger partial charge in [0.1, 0.15) is 6.10 Å². The van der Waals surface area contributed by atoms with Crippen molar-refractivity contribution < 1.29 is 19.4 Å². The van der Waals surface area contributed by atoms with E-state index in [1.165, 1.54) is 0 Å². The molecule has 0 spiro atoms. The Bertz CT molecular complexity index is 744. The monoisotopic (exact) mass is 339 g/mol. The Labute approximate surface area is 146 Å². The Morgan fingerprint density at radius 2 is 1.80 bits per heavy atom. The number of carboxylic acid groups (broad SMARTS) is 1. The average Bonchev–Trinajstić information content (AvgIpc) is 3.09. The second-order valence-corrected chi connectivity index (χ2v) is 6.13. The number of carbonyl (C=O) groups excluding carboxylic acids is 1. The van der Waals surface area contributed by atoms with Crippen LogP contribution in [0.1, 0.15) is 40.4 Å². The molecule has 3 rings (SSSR count). The van der Waals surface area contributed by atoms with Crippen molar-refractivity contribution >= 4 is 11.9 Å². The van der Waals surface area contributed by atoms with Gasteiger partial charge in [-0.05, 0) is 30.0 Å². The lowest BCUT2D eigenvalue weighted by atomic mass is 10.0. The number of aromatic carboxylic acids is 1. The molecule has 0 aliphatic carbocycles. The third-order valence-electron chi connectivity index (χ3n) is 4.44. The minimum Gasteiger partial charge on any atom is -0.478 e. The molecule has 1 aliphatic rings. The molecule has 0 saturated carbocycles. The second kappa shape index (κ2) is 7.94. The molecule has 1 saturated heterocycles. The van der Waals surface area contributed by atoms with Crippen molar-refractivity contribution in [1.82, 2.24) is 5.32 Å². The van der Waals surface area contributed by atoms with Crippen LogP contribution in [-0.2, 0) is 16.0 Å². The maximum Gasteiger partial charge on any atom is 0.335 e. The largest absolute Gasteiger partial charge is 0.478 e. The third kappa shape index (κ3) is 4.25. The van der Waals surface area contributed by atoms with Crippen LogP contribution in [0, 0.1) is 0 Å². The summed E-state index contributed by atoms with van der Waals surface area (Å²) in [7, 11) is 0. The van der Waals surface area contributed by atoms with Gasteiger partial charge in [0, 0.05) is 13.0 Å². The summed E-state index contributed by atoms with van der Waals surface area (Å²) >= 11 is 0. The molecule has 0 bridgehead atoms. The number of ether oxygens (including phenoxy) is 1. The Balaban J connectivity index is 1.59. The van der Waals surface area contributed by atoms with Crippen molar-refractivity contribution in [2.45, 2.75) is 31.4 Å². The zero-order chi connectivity index (χ0) is 17.6. The lowest BCUT2D eigenvalue weighted by molar-refractivity contribution is -0.122. The molecule has 2 N–H and O–H groups in total. The zero-order valence-electron chi connectivity index (χ0n) is 13.9. The van der Waals surface area contributed by atoms with Gasteiger partial charge in [-0.25, -0.2) is 4.79 Å². The van der Waals surface area contributed by atoms with Crippen molar-refractivity contribution in [1.29, 1.82) is 0 Å². The molecule has 1 aliphatic heterocycles. The quantitative estimate of drug-likeness (QED) is 0.848. The fourth-order valence-corrected chi connectivity index (χ4v) is 3.18. The lowest BCUT2D eigenvalue weighted by Gasteiger charge is -2.20. The highest BCUT2D eigenvalue weighted by molar-refractivity contribution is 5.89. The van der Waals surface area contributed by atoms with Crippen LogP contribution >= 0.6 is 0 Å². The van der Waals surface area contributed by atoms with Crippen LogP contribution in [0.15, 0.2) is 54.6 Å². The van der Waals surface area contributed by atoms with Gasteiger partial charge >= 0.3 is 5.97 Å². The van der Waals surface area contributed by atoms with E-state index in [2.05, 4.69) is 5.32 Å². The molecule has 130 valence electrons. The summed E-state index contributed by atoms with van der Waals surface area (Å²) in [5.41, 5.74) is 1.98. The maximum absolute atomic E-state index is 12.3. The predicted octanol–water partition coefficient (Wildman–Crippen LogP) is 2.96. The molecule has 5 nitrogen and oxygen atoms in total. The van der Waals surface area contributed by atoms with Gasteiger partial charge in [0.2, 0.25) is 5.91 Å². The molecule has 0 radical (unpaired) electrons. The van der Waals surface area contributed by atoms with E-state index in [1.54, 1.807) is 24.3 Å². The van der Waals surface area contributed by atoms with Gasteiger partial charge in [-0.2, -0.15) is 0 Å². The van der Waals surface area contributed by atoms with E-state index in [9.17, 15) is 14.7 Å². The SMILES string of the molecule is O=C(CCc1ccccc1C(=O)O)N[C@@H]1CCO[C@H]1c1ccccc1. The highest BCUT2D eigenvalue weighted by Gasteiger charge is 2.30. The summed E-state index contributed by atoms with van der Waals surface area (Å²) in [4.78, 5) is 23.5. The highest BCUT2D eigenvalue weighted by atomic mass is 16.5. The lowest BCUT2D eigenvalue weighted by Crippen LogP contribution is -2.36. The van der Waals surface area contributed by atoms with Gasteiger partial charge in [-0.3, -0.25) is 4.79 Å². The van der Waals surface area contributed by atoms with E-state index in [0.717, 1.165) is 12.0 Å². The van der Waals surface area contributed by atoms with E-state index in [-0.39, 0.29) is 30.0 Å². The van der Waals surface area contributed by atoms with Crippen LogP contribution in [-0.4, -0.2) is 29.6 Å². The molecular formula is C20H21NO4. The van der Waals surface area contributed by atoms with Crippen molar-refractivity contribution in [2.75, 3.05) is 6.61 Å². The highest BCUT2D eigenvalue weighted by Crippen LogP contribution is 2.29. The van der Waals surface area contributed by atoms with Crippen LogP contribution < -0.4 is 5.32 Å². The van der Waals surface area contributed by atoms with Gasteiger partial charge in [0.25, 0.3) is 0 Å². The zero-order valence-corrected chi connectivity index (χ0v) is 13.9. The number of benzene rings is 2. The van der Waals surface area contributed by atoms with Crippen LogP contribution in [0.3, 0.4) is 0 Å². The summed E-state index contributed by atoms with van der Waals surface area (Å²) in [6.07, 6.45) is 1.30. The molecule has 0 unspecified atom stereocenters. The normalized spacial score (nSPS) is 19.5. The summed E-state index contributed by atoms with van der Waals surface area (Å²) in [5.74, 6) is -1.05. The van der Waals surface area contributed by atoms with E-state index in [0.29, 0.717) is 18.6 Å². The molecule has 5 heteroatoms. The summed E-state index contributed by atoms with van der Waals surface area (Å²) in [6.45, 7) is 0.617. The van der Waals surface area contributed by atoms with Crippen LogP contribution in [0.4, 0.5) is 0 Å². The molecule has 2 atom stereocenters.